The molecule has 1 heteroatoms. The maximum atomic E-state index is 12.1. The van der Waals surface area contributed by atoms with Crippen molar-refractivity contribution in [3.05, 3.63) is 71.8 Å². The second-order valence-electron chi connectivity index (χ2n) is 5.39. The Morgan fingerprint density at radius 1 is 0.895 bits per heavy atom. The molecule has 0 amide bonds. The molecule has 1 aliphatic rings. The number of carbonyl (C=O) groups excluding carboxylic acids is 1. The van der Waals surface area contributed by atoms with Crippen molar-refractivity contribution in [3.63, 3.8) is 0 Å². The Balaban J connectivity index is 2.20. The van der Waals surface area contributed by atoms with E-state index in [1.165, 1.54) is 11.1 Å². The number of carbonyl (C=O) groups is 1. The van der Waals surface area contributed by atoms with Gasteiger partial charge in [-0.15, -0.1) is 0 Å². The van der Waals surface area contributed by atoms with Gasteiger partial charge in [-0.2, -0.15) is 0 Å². The highest BCUT2D eigenvalue weighted by Gasteiger charge is 2.47. The van der Waals surface area contributed by atoms with Crippen molar-refractivity contribution >= 4 is 5.78 Å². The van der Waals surface area contributed by atoms with Crippen molar-refractivity contribution in [1.29, 1.82) is 0 Å². The van der Waals surface area contributed by atoms with Crippen LogP contribution in [0, 0.1) is 5.92 Å². The lowest BCUT2D eigenvalue weighted by atomic mass is 9.68. The minimum atomic E-state index is -0.139. The summed E-state index contributed by atoms with van der Waals surface area (Å²) in [7, 11) is 0. The van der Waals surface area contributed by atoms with Crippen molar-refractivity contribution < 1.29 is 4.79 Å². The van der Waals surface area contributed by atoms with Crippen molar-refractivity contribution in [1.82, 2.24) is 0 Å². The lowest BCUT2D eigenvalue weighted by molar-refractivity contribution is -0.120. The van der Waals surface area contributed by atoms with Gasteiger partial charge in [0.2, 0.25) is 0 Å². The SMILES string of the molecule is CC1C(=O)CCC1(c1ccccc1)c1ccccc1. The molecule has 3 rings (SSSR count). The number of Topliss-reactive ketones (excluding diaryl/α,β-unsaturated/α-hetero) is 1. The molecule has 1 fully saturated rings. The van der Waals surface area contributed by atoms with Gasteiger partial charge in [-0.05, 0) is 17.5 Å². The third kappa shape index (κ3) is 1.81. The van der Waals surface area contributed by atoms with Crippen molar-refractivity contribution in [2.75, 3.05) is 0 Å². The standard InChI is InChI=1S/C18H18O/c1-14-17(19)12-13-18(14,15-8-4-2-5-9-15)16-10-6-3-7-11-16/h2-11,14H,12-13H2,1H3. The molecule has 1 nitrogen and oxygen atoms in total. The molecular weight excluding hydrogens is 232 g/mol. The number of hydrogen-bond acceptors (Lipinski definition) is 1. The predicted molar refractivity (Wildman–Crippen MR) is 77.1 cm³/mol. The average molecular weight is 250 g/mol. The normalized spacial score (nSPS) is 21.5. The molecule has 19 heavy (non-hydrogen) atoms. The molecule has 0 heterocycles. The number of benzene rings is 2. The van der Waals surface area contributed by atoms with Crippen molar-refractivity contribution in [2.24, 2.45) is 5.92 Å². The van der Waals surface area contributed by atoms with E-state index in [4.69, 9.17) is 0 Å². The molecular formula is C18H18O. The highest BCUT2D eigenvalue weighted by molar-refractivity contribution is 5.86. The summed E-state index contributed by atoms with van der Waals surface area (Å²) in [6.07, 6.45) is 1.60. The maximum absolute atomic E-state index is 12.1. The highest BCUT2D eigenvalue weighted by atomic mass is 16.1. The molecule has 0 N–H and O–H groups in total. The van der Waals surface area contributed by atoms with E-state index in [9.17, 15) is 4.79 Å². The highest BCUT2D eigenvalue weighted by Crippen LogP contribution is 2.48. The summed E-state index contributed by atoms with van der Waals surface area (Å²) in [5.41, 5.74) is 2.39. The van der Waals surface area contributed by atoms with Gasteiger partial charge >= 0.3 is 0 Å². The smallest absolute Gasteiger partial charge is 0.136 e. The Kier molecular flexibility index (Phi) is 2.98. The average Bonchev–Trinajstić information content (AvgIpc) is 2.78. The van der Waals surface area contributed by atoms with Crippen molar-refractivity contribution in [2.45, 2.75) is 25.2 Å². The minimum absolute atomic E-state index is 0.0531. The lowest BCUT2D eigenvalue weighted by Crippen LogP contribution is -2.32. The summed E-state index contributed by atoms with van der Waals surface area (Å²) in [5.74, 6) is 0.435. The predicted octanol–water partition coefficient (Wildman–Crippen LogP) is 3.97. The van der Waals surface area contributed by atoms with Crippen LogP contribution in [0.2, 0.25) is 0 Å². The molecule has 0 bridgehead atoms. The number of ketones is 1. The van der Waals surface area contributed by atoms with Gasteiger partial charge in [0.05, 0.1) is 0 Å². The molecule has 2 aromatic carbocycles. The fourth-order valence-electron chi connectivity index (χ4n) is 3.45. The molecule has 0 saturated heterocycles. The molecule has 1 aliphatic carbocycles. The number of hydrogen-bond donors (Lipinski definition) is 0. The van der Waals surface area contributed by atoms with E-state index in [0.717, 1.165) is 6.42 Å². The van der Waals surface area contributed by atoms with Gasteiger partial charge in [0.25, 0.3) is 0 Å². The summed E-state index contributed by atoms with van der Waals surface area (Å²) in [4.78, 5) is 12.1. The van der Waals surface area contributed by atoms with E-state index in [-0.39, 0.29) is 11.3 Å². The maximum Gasteiger partial charge on any atom is 0.136 e. The molecule has 0 aliphatic heterocycles. The van der Waals surface area contributed by atoms with Crippen LogP contribution in [-0.2, 0) is 10.2 Å². The van der Waals surface area contributed by atoms with Gasteiger partial charge in [-0.1, -0.05) is 67.6 Å². The fraction of sp³-hybridized carbons (Fsp3) is 0.278. The molecule has 0 spiro atoms. The summed E-state index contributed by atoms with van der Waals surface area (Å²) in [5, 5.41) is 0. The molecule has 0 aromatic heterocycles. The Hall–Kier alpha value is -1.89. The van der Waals surface area contributed by atoms with E-state index in [1.54, 1.807) is 0 Å². The topological polar surface area (TPSA) is 17.1 Å². The molecule has 2 aromatic rings. The Bertz CT molecular complexity index is 532. The van der Waals surface area contributed by atoms with Crippen LogP contribution in [0.5, 0.6) is 0 Å². The van der Waals surface area contributed by atoms with E-state index in [0.29, 0.717) is 12.2 Å². The Morgan fingerprint density at radius 2 is 1.37 bits per heavy atom. The summed E-state index contributed by atoms with van der Waals surface area (Å²) in [6, 6.07) is 20.9. The van der Waals surface area contributed by atoms with Crippen LogP contribution in [0.3, 0.4) is 0 Å². The van der Waals surface area contributed by atoms with E-state index in [2.05, 4.69) is 55.5 Å². The first kappa shape index (κ1) is 12.2. The fourth-order valence-corrected chi connectivity index (χ4v) is 3.45. The third-order valence-corrected chi connectivity index (χ3v) is 4.57. The molecule has 1 atom stereocenters. The zero-order valence-corrected chi connectivity index (χ0v) is 11.2. The first-order valence-corrected chi connectivity index (χ1v) is 6.89. The van der Waals surface area contributed by atoms with Gasteiger partial charge < -0.3 is 0 Å². The lowest BCUT2D eigenvalue weighted by Gasteiger charge is -2.34. The quantitative estimate of drug-likeness (QED) is 0.788. The number of rotatable bonds is 2. The van der Waals surface area contributed by atoms with Gasteiger partial charge in [-0.25, -0.2) is 0 Å². The zero-order valence-electron chi connectivity index (χ0n) is 11.2. The Labute approximate surface area is 114 Å². The molecule has 1 unspecified atom stereocenters. The minimum Gasteiger partial charge on any atom is -0.299 e. The first-order chi connectivity index (χ1) is 9.25. The molecule has 1 saturated carbocycles. The summed E-state index contributed by atoms with van der Waals surface area (Å²) in [6.45, 7) is 2.08. The van der Waals surface area contributed by atoms with Crippen molar-refractivity contribution in [3.8, 4) is 0 Å². The molecule has 96 valence electrons. The molecule has 0 radical (unpaired) electrons. The summed E-state index contributed by atoms with van der Waals surface area (Å²) >= 11 is 0. The van der Waals surface area contributed by atoms with Crippen LogP contribution in [0.4, 0.5) is 0 Å². The van der Waals surface area contributed by atoms with Gasteiger partial charge in [-0.3, -0.25) is 4.79 Å². The second-order valence-corrected chi connectivity index (χ2v) is 5.39. The van der Waals surface area contributed by atoms with Crippen LogP contribution >= 0.6 is 0 Å². The van der Waals surface area contributed by atoms with Crippen LogP contribution in [0.15, 0.2) is 60.7 Å². The Morgan fingerprint density at radius 3 is 1.74 bits per heavy atom. The zero-order chi connectivity index (χ0) is 13.3. The van der Waals surface area contributed by atoms with Gasteiger partial charge in [0.1, 0.15) is 5.78 Å². The van der Waals surface area contributed by atoms with Gasteiger partial charge in [0.15, 0.2) is 0 Å². The largest absolute Gasteiger partial charge is 0.299 e. The van der Waals surface area contributed by atoms with Crippen LogP contribution in [-0.4, -0.2) is 5.78 Å². The summed E-state index contributed by atoms with van der Waals surface area (Å²) < 4.78 is 0. The van der Waals surface area contributed by atoms with Gasteiger partial charge in [0, 0.05) is 17.8 Å². The van der Waals surface area contributed by atoms with Crippen LogP contribution in [0.1, 0.15) is 30.9 Å². The first-order valence-electron chi connectivity index (χ1n) is 6.89. The van der Waals surface area contributed by atoms with Crippen LogP contribution in [0.25, 0.3) is 0 Å². The van der Waals surface area contributed by atoms with E-state index in [1.807, 2.05) is 12.1 Å². The third-order valence-electron chi connectivity index (χ3n) is 4.57. The second kappa shape index (κ2) is 4.65. The van der Waals surface area contributed by atoms with E-state index >= 15 is 0 Å². The van der Waals surface area contributed by atoms with E-state index < -0.39 is 0 Å². The monoisotopic (exact) mass is 250 g/mol. The van der Waals surface area contributed by atoms with Crippen LogP contribution < -0.4 is 0 Å².